The van der Waals surface area contributed by atoms with Crippen molar-refractivity contribution in [2.45, 2.75) is 37.6 Å². The van der Waals surface area contributed by atoms with E-state index in [0.29, 0.717) is 13.1 Å². The maximum atomic E-state index is 12.3. The molecule has 1 saturated carbocycles. The number of ether oxygens (including phenoxy) is 1. The zero-order chi connectivity index (χ0) is 18.6. The lowest BCUT2D eigenvalue weighted by Crippen LogP contribution is -2.34. The van der Waals surface area contributed by atoms with E-state index in [9.17, 15) is 18.0 Å². The van der Waals surface area contributed by atoms with Crippen molar-refractivity contribution in [1.82, 2.24) is 9.62 Å². The molecule has 2 rings (SSSR count). The van der Waals surface area contributed by atoms with Crippen molar-refractivity contribution in [3.63, 3.8) is 0 Å². The second-order valence-electron chi connectivity index (χ2n) is 5.68. The number of rotatable bonds is 8. The van der Waals surface area contributed by atoms with E-state index in [0.717, 1.165) is 18.9 Å². The van der Waals surface area contributed by atoms with Crippen molar-refractivity contribution in [2.75, 3.05) is 19.7 Å². The molecule has 1 N–H and O–H groups in total. The first-order chi connectivity index (χ1) is 11.8. The van der Waals surface area contributed by atoms with Crippen LogP contribution in [0.25, 0.3) is 0 Å². The molecule has 0 bridgehead atoms. The van der Waals surface area contributed by atoms with Gasteiger partial charge in [0.05, 0.1) is 10.6 Å². The summed E-state index contributed by atoms with van der Waals surface area (Å²) in [4.78, 5) is 25.4. The third kappa shape index (κ3) is 5.17. The lowest BCUT2D eigenvalue weighted by atomic mass is 10.2. The highest BCUT2D eigenvalue weighted by atomic mass is 35.5. The fourth-order valence-corrected chi connectivity index (χ4v) is 4.03. The fraction of sp³-hybridized carbons (Fsp3) is 0.500. The molecule has 138 valence electrons. The number of halogens is 1. The number of sulfonamides is 1. The van der Waals surface area contributed by atoms with Gasteiger partial charge in [-0.2, -0.15) is 0 Å². The molecule has 25 heavy (non-hydrogen) atoms. The van der Waals surface area contributed by atoms with Gasteiger partial charge in [-0.1, -0.05) is 11.6 Å². The number of benzene rings is 1. The number of nitrogens with zero attached hydrogens (tertiary/aromatic N) is 1. The number of amides is 1. The first-order valence-corrected chi connectivity index (χ1v) is 9.91. The van der Waals surface area contributed by atoms with Crippen LogP contribution in [-0.2, 0) is 19.6 Å². The van der Waals surface area contributed by atoms with Gasteiger partial charge in [0.2, 0.25) is 10.0 Å². The minimum absolute atomic E-state index is 0.0175. The fourth-order valence-electron chi connectivity index (χ4n) is 2.20. The molecule has 9 heteroatoms. The number of likely N-dealkylation sites (N-methyl/N-ethyl adjacent to an activating group) is 1. The Hall–Kier alpha value is -1.64. The molecule has 1 aromatic rings. The Balaban J connectivity index is 2.10. The molecule has 0 unspecified atom stereocenters. The van der Waals surface area contributed by atoms with Crippen molar-refractivity contribution < 1.29 is 22.7 Å². The zero-order valence-electron chi connectivity index (χ0n) is 14.1. The second-order valence-corrected chi connectivity index (χ2v) is 7.77. The highest BCUT2D eigenvalue weighted by Gasteiger charge is 2.30. The van der Waals surface area contributed by atoms with Crippen molar-refractivity contribution in [1.29, 1.82) is 0 Å². The predicted octanol–water partition coefficient (Wildman–Crippen LogP) is 1.81. The first kappa shape index (κ1) is 19.7. The molecule has 0 radical (unpaired) electrons. The van der Waals surface area contributed by atoms with E-state index in [1.807, 2.05) is 13.8 Å². The summed E-state index contributed by atoms with van der Waals surface area (Å²) < 4.78 is 32.1. The summed E-state index contributed by atoms with van der Waals surface area (Å²) in [7, 11) is -3.80. The average Bonchev–Trinajstić information content (AvgIpc) is 3.37. The highest BCUT2D eigenvalue weighted by Crippen LogP contribution is 2.27. The number of esters is 1. The van der Waals surface area contributed by atoms with E-state index >= 15 is 0 Å². The highest BCUT2D eigenvalue weighted by molar-refractivity contribution is 7.89. The molecular formula is C16H21ClN2O5S. The van der Waals surface area contributed by atoms with Gasteiger partial charge in [0.15, 0.2) is 6.61 Å². The SMILES string of the molecule is CCN(CC)C(=O)COC(=O)c1ccc(Cl)c(S(=O)(=O)NC2CC2)c1. The first-order valence-electron chi connectivity index (χ1n) is 8.05. The van der Waals surface area contributed by atoms with E-state index in [2.05, 4.69) is 4.72 Å². The number of nitrogens with one attached hydrogen (secondary N) is 1. The van der Waals surface area contributed by atoms with Crippen molar-refractivity contribution in [3.05, 3.63) is 28.8 Å². The average molecular weight is 389 g/mol. The molecule has 0 aromatic heterocycles. The monoisotopic (exact) mass is 388 g/mol. The number of hydrogen-bond donors (Lipinski definition) is 1. The summed E-state index contributed by atoms with van der Waals surface area (Å²) in [5.41, 5.74) is 0.0212. The van der Waals surface area contributed by atoms with Crippen molar-refractivity contribution in [2.24, 2.45) is 0 Å². The molecule has 0 atom stereocenters. The molecule has 0 spiro atoms. The van der Waals surface area contributed by atoms with E-state index in [-0.39, 0.29) is 27.4 Å². The Morgan fingerprint density at radius 2 is 1.92 bits per heavy atom. The zero-order valence-corrected chi connectivity index (χ0v) is 15.7. The van der Waals surface area contributed by atoms with E-state index < -0.39 is 22.6 Å². The molecule has 1 aliphatic rings. The van der Waals surface area contributed by atoms with Crippen LogP contribution in [0.1, 0.15) is 37.0 Å². The molecule has 7 nitrogen and oxygen atoms in total. The molecule has 1 aliphatic carbocycles. The Kier molecular flexibility index (Phi) is 6.42. The van der Waals surface area contributed by atoms with Crippen LogP contribution in [0.5, 0.6) is 0 Å². The van der Waals surface area contributed by atoms with Crippen LogP contribution in [0.15, 0.2) is 23.1 Å². The van der Waals surface area contributed by atoms with Crippen LogP contribution >= 0.6 is 11.6 Å². The van der Waals surface area contributed by atoms with Gasteiger partial charge in [-0.3, -0.25) is 4.79 Å². The largest absolute Gasteiger partial charge is 0.452 e. The van der Waals surface area contributed by atoms with Gasteiger partial charge in [0, 0.05) is 19.1 Å². The van der Waals surface area contributed by atoms with Crippen LogP contribution in [0, 0.1) is 0 Å². The van der Waals surface area contributed by atoms with Gasteiger partial charge in [0.1, 0.15) is 4.90 Å². The van der Waals surface area contributed by atoms with E-state index in [1.54, 1.807) is 0 Å². The topological polar surface area (TPSA) is 92.8 Å². The van der Waals surface area contributed by atoms with Crippen LogP contribution in [0.4, 0.5) is 0 Å². The van der Waals surface area contributed by atoms with Gasteiger partial charge in [-0.05, 0) is 44.9 Å². The molecule has 1 aromatic carbocycles. The lowest BCUT2D eigenvalue weighted by molar-refractivity contribution is -0.134. The smallest absolute Gasteiger partial charge is 0.338 e. The summed E-state index contributed by atoms with van der Waals surface area (Å²) in [5.74, 6) is -1.09. The van der Waals surface area contributed by atoms with Crippen molar-refractivity contribution >= 4 is 33.5 Å². The Labute approximate surface area is 152 Å². The normalized spacial score (nSPS) is 14.2. The lowest BCUT2D eigenvalue weighted by Gasteiger charge is -2.18. The Bertz CT molecular complexity index is 758. The van der Waals surface area contributed by atoms with Crippen LogP contribution in [-0.4, -0.2) is 50.9 Å². The summed E-state index contributed by atoms with van der Waals surface area (Å²) in [6.07, 6.45) is 1.57. The molecule has 0 saturated heterocycles. The predicted molar refractivity (Wildman–Crippen MR) is 93.0 cm³/mol. The molecular weight excluding hydrogens is 368 g/mol. The van der Waals surface area contributed by atoms with Crippen molar-refractivity contribution in [3.8, 4) is 0 Å². The quantitative estimate of drug-likeness (QED) is 0.685. The maximum absolute atomic E-state index is 12.3. The maximum Gasteiger partial charge on any atom is 0.338 e. The third-order valence-electron chi connectivity index (χ3n) is 3.80. The van der Waals surface area contributed by atoms with Gasteiger partial charge >= 0.3 is 5.97 Å². The third-order valence-corrected chi connectivity index (χ3v) is 5.80. The Morgan fingerprint density at radius 3 is 2.48 bits per heavy atom. The van der Waals surface area contributed by atoms with Crippen LogP contribution in [0.3, 0.4) is 0 Å². The van der Waals surface area contributed by atoms with Crippen LogP contribution < -0.4 is 4.72 Å². The molecule has 1 fully saturated rings. The summed E-state index contributed by atoms with van der Waals surface area (Å²) in [6, 6.07) is 3.77. The van der Waals surface area contributed by atoms with Gasteiger partial charge in [-0.25, -0.2) is 17.9 Å². The summed E-state index contributed by atoms with van der Waals surface area (Å²) in [6.45, 7) is 4.29. The summed E-state index contributed by atoms with van der Waals surface area (Å²) in [5, 5.41) is 0.0175. The second kappa shape index (κ2) is 8.16. The molecule has 1 amide bonds. The minimum atomic E-state index is -3.80. The number of hydrogen-bond acceptors (Lipinski definition) is 5. The molecule has 0 aliphatic heterocycles. The van der Waals surface area contributed by atoms with E-state index in [1.165, 1.54) is 17.0 Å². The van der Waals surface area contributed by atoms with Gasteiger partial charge in [0.25, 0.3) is 5.91 Å². The standard InChI is InChI=1S/C16H21ClN2O5S/c1-3-19(4-2)15(20)10-24-16(21)11-5-8-13(17)14(9-11)25(22,23)18-12-6-7-12/h5,8-9,12,18H,3-4,6-7,10H2,1-2H3. The number of carbonyl (C=O) groups excluding carboxylic acids is 2. The minimum Gasteiger partial charge on any atom is -0.452 e. The van der Waals surface area contributed by atoms with Crippen LogP contribution in [0.2, 0.25) is 5.02 Å². The summed E-state index contributed by atoms with van der Waals surface area (Å²) >= 11 is 5.96. The number of carbonyl (C=O) groups is 2. The van der Waals surface area contributed by atoms with Gasteiger partial charge < -0.3 is 9.64 Å². The van der Waals surface area contributed by atoms with Gasteiger partial charge in [-0.15, -0.1) is 0 Å². The van der Waals surface area contributed by atoms with E-state index in [4.69, 9.17) is 16.3 Å². The molecule has 0 heterocycles. The Morgan fingerprint density at radius 1 is 1.28 bits per heavy atom.